The zero-order valence-corrected chi connectivity index (χ0v) is 11.0. The fourth-order valence-corrected chi connectivity index (χ4v) is 2.09. The van der Waals surface area contributed by atoms with Gasteiger partial charge >= 0.3 is 0 Å². The Bertz CT molecular complexity index is 504. The SMILES string of the molecule is CCN(CCc1ccnn1C)c1cccc(N)c1. The summed E-state index contributed by atoms with van der Waals surface area (Å²) >= 11 is 0. The summed E-state index contributed by atoms with van der Waals surface area (Å²) in [4.78, 5) is 2.32. The number of aryl methyl sites for hydroxylation is 1. The van der Waals surface area contributed by atoms with Crippen LogP contribution in [0.25, 0.3) is 0 Å². The van der Waals surface area contributed by atoms with Crippen molar-refractivity contribution < 1.29 is 0 Å². The predicted octanol–water partition coefficient (Wildman–Crippen LogP) is 2.07. The third-order valence-electron chi connectivity index (χ3n) is 3.18. The fourth-order valence-electron chi connectivity index (χ4n) is 2.09. The number of benzene rings is 1. The van der Waals surface area contributed by atoms with Gasteiger partial charge in [0.15, 0.2) is 0 Å². The third-order valence-corrected chi connectivity index (χ3v) is 3.18. The molecule has 0 fully saturated rings. The number of hydrogen-bond donors (Lipinski definition) is 1. The molecule has 4 heteroatoms. The number of hydrogen-bond acceptors (Lipinski definition) is 3. The lowest BCUT2D eigenvalue weighted by molar-refractivity contribution is 0.691. The number of likely N-dealkylation sites (N-methyl/N-ethyl adjacent to an activating group) is 1. The van der Waals surface area contributed by atoms with E-state index in [4.69, 9.17) is 5.73 Å². The topological polar surface area (TPSA) is 47.1 Å². The van der Waals surface area contributed by atoms with Gasteiger partial charge in [-0.15, -0.1) is 0 Å². The molecule has 0 radical (unpaired) electrons. The van der Waals surface area contributed by atoms with Crippen LogP contribution in [0.3, 0.4) is 0 Å². The summed E-state index contributed by atoms with van der Waals surface area (Å²) in [5.41, 5.74) is 9.06. The van der Waals surface area contributed by atoms with Gasteiger partial charge in [0.05, 0.1) is 0 Å². The molecule has 0 unspecified atom stereocenters. The van der Waals surface area contributed by atoms with Gasteiger partial charge in [-0.3, -0.25) is 4.68 Å². The molecule has 0 aliphatic rings. The molecule has 18 heavy (non-hydrogen) atoms. The maximum Gasteiger partial charge on any atom is 0.0492 e. The monoisotopic (exact) mass is 244 g/mol. The molecule has 0 saturated carbocycles. The number of nitrogens with zero attached hydrogens (tertiary/aromatic N) is 3. The molecule has 0 saturated heterocycles. The van der Waals surface area contributed by atoms with Crippen molar-refractivity contribution in [1.29, 1.82) is 0 Å². The molecule has 0 aliphatic heterocycles. The van der Waals surface area contributed by atoms with Gasteiger partial charge in [0.2, 0.25) is 0 Å². The van der Waals surface area contributed by atoms with Crippen LogP contribution in [0.15, 0.2) is 36.5 Å². The Kier molecular flexibility index (Phi) is 3.87. The molecule has 2 N–H and O–H groups in total. The highest BCUT2D eigenvalue weighted by Crippen LogP contribution is 2.17. The van der Waals surface area contributed by atoms with Crippen LogP contribution in [0, 0.1) is 0 Å². The number of rotatable bonds is 5. The Morgan fingerprint density at radius 1 is 1.33 bits per heavy atom. The summed E-state index contributed by atoms with van der Waals surface area (Å²) in [6, 6.07) is 10.1. The smallest absolute Gasteiger partial charge is 0.0492 e. The second kappa shape index (κ2) is 5.58. The molecule has 1 aromatic carbocycles. The molecule has 0 spiro atoms. The van der Waals surface area contributed by atoms with Crippen molar-refractivity contribution in [1.82, 2.24) is 9.78 Å². The lowest BCUT2D eigenvalue weighted by Gasteiger charge is -2.23. The Hall–Kier alpha value is -1.97. The van der Waals surface area contributed by atoms with Crippen LogP contribution in [0.4, 0.5) is 11.4 Å². The summed E-state index contributed by atoms with van der Waals surface area (Å²) in [6.07, 6.45) is 2.82. The lowest BCUT2D eigenvalue weighted by Crippen LogP contribution is -2.26. The summed E-state index contributed by atoms with van der Waals surface area (Å²) in [7, 11) is 1.98. The van der Waals surface area contributed by atoms with E-state index >= 15 is 0 Å². The van der Waals surface area contributed by atoms with Gasteiger partial charge in [-0.1, -0.05) is 6.07 Å². The van der Waals surface area contributed by atoms with E-state index in [-0.39, 0.29) is 0 Å². The second-order valence-corrected chi connectivity index (χ2v) is 4.37. The van der Waals surface area contributed by atoms with Crippen molar-refractivity contribution in [2.75, 3.05) is 23.7 Å². The van der Waals surface area contributed by atoms with Crippen LogP contribution in [0.2, 0.25) is 0 Å². The fraction of sp³-hybridized carbons (Fsp3) is 0.357. The van der Waals surface area contributed by atoms with Crippen molar-refractivity contribution in [3.63, 3.8) is 0 Å². The summed E-state index contributed by atoms with van der Waals surface area (Å²) in [6.45, 7) is 4.10. The molecule has 0 aliphatic carbocycles. The van der Waals surface area contributed by atoms with Gasteiger partial charge < -0.3 is 10.6 Å². The van der Waals surface area contributed by atoms with E-state index in [1.54, 1.807) is 0 Å². The molecule has 2 aromatic rings. The molecule has 1 heterocycles. The van der Waals surface area contributed by atoms with Crippen LogP contribution in [-0.4, -0.2) is 22.9 Å². The van der Waals surface area contributed by atoms with Crippen LogP contribution < -0.4 is 10.6 Å². The maximum atomic E-state index is 5.83. The van der Waals surface area contributed by atoms with Gasteiger partial charge in [0.25, 0.3) is 0 Å². The van der Waals surface area contributed by atoms with Crippen LogP contribution >= 0.6 is 0 Å². The number of anilines is 2. The largest absolute Gasteiger partial charge is 0.399 e. The lowest BCUT2D eigenvalue weighted by atomic mass is 10.2. The van der Waals surface area contributed by atoms with Crippen LogP contribution in [0.5, 0.6) is 0 Å². The summed E-state index contributed by atoms with van der Waals surface area (Å²) < 4.78 is 1.92. The van der Waals surface area contributed by atoms with Crippen molar-refractivity contribution >= 4 is 11.4 Å². The quantitative estimate of drug-likeness (QED) is 0.819. The Morgan fingerprint density at radius 2 is 2.17 bits per heavy atom. The first kappa shape index (κ1) is 12.5. The van der Waals surface area contributed by atoms with E-state index < -0.39 is 0 Å². The van der Waals surface area contributed by atoms with E-state index in [9.17, 15) is 0 Å². The Labute approximate surface area is 108 Å². The van der Waals surface area contributed by atoms with E-state index in [0.717, 1.165) is 25.2 Å². The first-order chi connectivity index (χ1) is 8.70. The van der Waals surface area contributed by atoms with Gasteiger partial charge in [0, 0.05) is 49.8 Å². The minimum Gasteiger partial charge on any atom is -0.399 e. The molecular weight excluding hydrogens is 224 g/mol. The van der Waals surface area contributed by atoms with Gasteiger partial charge in [-0.25, -0.2) is 0 Å². The Morgan fingerprint density at radius 3 is 2.78 bits per heavy atom. The predicted molar refractivity (Wildman–Crippen MR) is 75.7 cm³/mol. The minimum absolute atomic E-state index is 0.812. The average molecular weight is 244 g/mol. The highest BCUT2D eigenvalue weighted by molar-refractivity contribution is 5.55. The molecule has 1 aromatic heterocycles. The van der Waals surface area contributed by atoms with Crippen molar-refractivity contribution in [2.24, 2.45) is 7.05 Å². The van der Waals surface area contributed by atoms with E-state index in [1.165, 1.54) is 11.4 Å². The molecule has 4 nitrogen and oxygen atoms in total. The molecule has 96 valence electrons. The zero-order valence-electron chi connectivity index (χ0n) is 11.0. The molecular formula is C14H20N4. The number of aromatic nitrogens is 2. The highest BCUT2D eigenvalue weighted by Gasteiger charge is 2.06. The summed E-state index contributed by atoms with van der Waals surface area (Å²) in [5.74, 6) is 0. The first-order valence-electron chi connectivity index (χ1n) is 6.28. The molecule has 0 bridgehead atoms. The number of nitrogens with two attached hydrogens (primary N) is 1. The Balaban J connectivity index is 2.04. The van der Waals surface area contributed by atoms with Crippen LogP contribution in [0.1, 0.15) is 12.6 Å². The number of nitrogen functional groups attached to an aromatic ring is 1. The molecule has 0 amide bonds. The first-order valence-corrected chi connectivity index (χ1v) is 6.28. The van der Waals surface area contributed by atoms with Crippen molar-refractivity contribution in [2.45, 2.75) is 13.3 Å². The second-order valence-electron chi connectivity index (χ2n) is 4.37. The van der Waals surface area contributed by atoms with Crippen LogP contribution in [-0.2, 0) is 13.5 Å². The van der Waals surface area contributed by atoms with Gasteiger partial charge in [-0.2, -0.15) is 5.10 Å². The average Bonchev–Trinajstić information content (AvgIpc) is 2.76. The van der Waals surface area contributed by atoms with Crippen molar-refractivity contribution in [3.8, 4) is 0 Å². The van der Waals surface area contributed by atoms with Crippen molar-refractivity contribution in [3.05, 3.63) is 42.2 Å². The standard InChI is InChI=1S/C14H20N4/c1-3-18(14-6-4-5-12(15)11-14)10-8-13-7-9-16-17(13)2/h4-7,9,11H,3,8,10,15H2,1-2H3. The minimum atomic E-state index is 0.812. The normalized spacial score (nSPS) is 10.6. The highest BCUT2D eigenvalue weighted by atomic mass is 15.3. The third kappa shape index (κ3) is 2.83. The van der Waals surface area contributed by atoms with E-state index in [1.807, 2.05) is 36.1 Å². The maximum absolute atomic E-state index is 5.83. The molecule has 0 atom stereocenters. The van der Waals surface area contributed by atoms with E-state index in [2.05, 4.69) is 29.1 Å². The summed E-state index contributed by atoms with van der Waals surface area (Å²) in [5, 5.41) is 4.19. The molecule has 2 rings (SSSR count). The van der Waals surface area contributed by atoms with Gasteiger partial charge in [0.1, 0.15) is 0 Å². The van der Waals surface area contributed by atoms with Gasteiger partial charge in [-0.05, 0) is 31.2 Å². The van der Waals surface area contributed by atoms with E-state index in [0.29, 0.717) is 0 Å². The zero-order chi connectivity index (χ0) is 13.0.